The van der Waals surface area contributed by atoms with Crippen molar-refractivity contribution in [1.82, 2.24) is 14.2 Å². The molecule has 2 heterocycles. The van der Waals surface area contributed by atoms with Crippen molar-refractivity contribution in [3.05, 3.63) is 81.8 Å². The van der Waals surface area contributed by atoms with Crippen LogP contribution in [0, 0.1) is 13.8 Å². The Morgan fingerprint density at radius 2 is 1.48 bits per heavy atom. The van der Waals surface area contributed by atoms with Crippen LogP contribution in [-0.4, -0.2) is 14.2 Å². The lowest BCUT2D eigenvalue weighted by Gasteiger charge is -2.13. The molecule has 0 aliphatic heterocycles. The molecule has 0 saturated heterocycles. The Bertz CT molecular complexity index is 1260. The molecule has 29 heavy (non-hydrogen) atoms. The Balaban J connectivity index is 1.96. The lowest BCUT2D eigenvalue weighted by molar-refractivity contribution is -0.137. The highest BCUT2D eigenvalue weighted by Gasteiger charge is 2.30. The molecule has 4 nitrogen and oxygen atoms in total. The fourth-order valence-electron chi connectivity index (χ4n) is 3.53. The molecule has 0 N–H and O–H groups in total. The summed E-state index contributed by atoms with van der Waals surface area (Å²) in [5.74, 6) is 0. The zero-order valence-corrected chi connectivity index (χ0v) is 16.1. The minimum absolute atomic E-state index is 0.338. The van der Waals surface area contributed by atoms with Gasteiger partial charge in [0.15, 0.2) is 0 Å². The van der Waals surface area contributed by atoms with Gasteiger partial charge in [-0.2, -0.15) is 22.8 Å². The molecule has 0 amide bonds. The summed E-state index contributed by atoms with van der Waals surface area (Å²) in [7, 11) is 1.78. The van der Waals surface area contributed by atoms with Crippen LogP contribution >= 0.6 is 0 Å². The number of hydrogen-bond donors (Lipinski definition) is 0. The topological polar surface area (TPSA) is 39.3 Å². The molecule has 2 aromatic carbocycles. The number of hydrogen-bond acceptors (Lipinski definition) is 2. The first kappa shape index (κ1) is 19.0. The van der Waals surface area contributed by atoms with E-state index in [0.717, 1.165) is 28.8 Å². The lowest BCUT2D eigenvalue weighted by Crippen LogP contribution is -2.18. The first-order valence-electron chi connectivity index (χ1n) is 9.01. The SMILES string of the molecule is Cc1ccc(-c2c(C)nn3c(=O)cc(-c4ccc(C(F)(F)F)cc4)n(C)c23)cc1. The lowest BCUT2D eigenvalue weighted by atomic mass is 10.0. The van der Waals surface area contributed by atoms with Gasteiger partial charge in [-0.15, -0.1) is 0 Å². The van der Waals surface area contributed by atoms with Gasteiger partial charge in [-0.1, -0.05) is 42.0 Å². The first-order valence-corrected chi connectivity index (χ1v) is 9.01. The molecule has 0 fully saturated rings. The van der Waals surface area contributed by atoms with Gasteiger partial charge in [-0.05, 0) is 37.1 Å². The van der Waals surface area contributed by atoms with Crippen LogP contribution in [-0.2, 0) is 13.2 Å². The van der Waals surface area contributed by atoms with Gasteiger partial charge in [-0.25, -0.2) is 0 Å². The smallest absolute Gasteiger partial charge is 0.328 e. The fourth-order valence-corrected chi connectivity index (χ4v) is 3.53. The third kappa shape index (κ3) is 3.22. The standard InChI is InChI=1S/C22H18F3N3O/c1-13-4-6-16(7-5-13)20-14(2)26-28-19(29)12-18(27(3)21(20)28)15-8-10-17(11-9-15)22(23,24)25/h4-12H,1-3H3. The molecule has 148 valence electrons. The summed E-state index contributed by atoms with van der Waals surface area (Å²) in [5.41, 5.74) is 4.11. The van der Waals surface area contributed by atoms with E-state index in [9.17, 15) is 18.0 Å². The molecule has 2 aromatic heterocycles. The maximum absolute atomic E-state index is 12.9. The molecule has 0 saturated carbocycles. The molecule has 7 heteroatoms. The Hall–Kier alpha value is -3.35. The highest BCUT2D eigenvalue weighted by molar-refractivity contribution is 5.81. The number of fused-ring (bicyclic) bond motifs is 1. The van der Waals surface area contributed by atoms with Crippen LogP contribution in [0.1, 0.15) is 16.8 Å². The predicted octanol–water partition coefficient (Wildman–Crippen LogP) is 5.00. The minimum atomic E-state index is -4.41. The van der Waals surface area contributed by atoms with Crippen LogP contribution in [0.5, 0.6) is 0 Å². The van der Waals surface area contributed by atoms with Crippen molar-refractivity contribution < 1.29 is 13.2 Å². The summed E-state index contributed by atoms with van der Waals surface area (Å²) in [5, 5.41) is 4.39. The number of benzene rings is 2. The van der Waals surface area contributed by atoms with Gasteiger partial charge in [-0.3, -0.25) is 4.79 Å². The molecule has 0 spiro atoms. The molecule has 4 aromatic rings. The molecule has 0 radical (unpaired) electrons. The monoisotopic (exact) mass is 397 g/mol. The van der Waals surface area contributed by atoms with Crippen molar-refractivity contribution in [3.63, 3.8) is 0 Å². The summed E-state index contributed by atoms with van der Waals surface area (Å²) in [6, 6.07) is 14.1. The van der Waals surface area contributed by atoms with Crippen LogP contribution in [0.3, 0.4) is 0 Å². The van der Waals surface area contributed by atoms with Crippen LogP contribution in [0.4, 0.5) is 13.2 Å². The van der Waals surface area contributed by atoms with Gasteiger partial charge in [0.1, 0.15) is 5.65 Å². The summed E-state index contributed by atoms with van der Waals surface area (Å²) >= 11 is 0. The van der Waals surface area contributed by atoms with Crippen LogP contribution in [0.25, 0.3) is 28.0 Å². The van der Waals surface area contributed by atoms with E-state index < -0.39 is 11.7 Å². The zero-order valence-electron chi connectivity index (χ0n) is 16.1. The van der Waals surface area contributed by atoms with Crippen molar-refractivity contribution in [2.24, 2.45) is 7.05 Å². The molecular formula is C22H18F3N3O. The Kier molecular flexibility index (Phi) is 4.33. The van der Waals surface area contributed by atoms with E-state index in [1.165, 1.54) is 22.7 Å². The summed E-state index contributed by atoms with van der Waals surface area (Å²) < 4.78 is 41.8. The molecule has 0 unspecified atom stereocenters. The maximum Gasteiger partial charge on any atom is 0.416 e. The first-order chi connectivity index (χ1) is 13.7. The van der Waals surface area contributed by atoms with E-state index >= 15 is 0 Å². The molecule has 0 aliphatic carbocycles. The van der Waals surface area contributed by atoms with E-state index in [0.29, 0.717) is 22.6 Å². The molecule has 4 rings (SSSR count). The fraction of sp³-hybridized carbons (Fsp3) is 0.182. The van der Waals surface area contributed by atoms with Gasteiger partial charge in [0.25, 0.3) is 5.56 Å². The van der Waals surface area contributed by atoms with Crippen molar-refractivity contribution in [3.8, 4) is 22.4 Å². The normalized spacial score (nSPS) is 11.9. The van der Waals surface area contributed by atoms with E-state index in [1.54, 1.807) is 11.6 Å². The second kappa shape index (κ2) is 6.62. The van der Waals surface area contributed by atoms with Crippen molar-refractivity contribution >= 4 is 5.65 Å². The Labute approximate surface area is 164 Å². The van der Waals surface area contributed by atoms with Gasteiger partial charge >= 0.3 is 6.18 Å². The van der Waals surface area contributed by atoms with Crippen molar-refractivity contribution in [2.75, 3.05) is 0 Å². The Morgan fingerprint density at radius 1 is 0.897 bits per heavy atom. The molecular weight excluding hydrogens is 379 g/mol. The van der Waals surface area contributed by atoms with Crippen LogP contribution in [0.2, 0.25) is 0 Å². The quantitative estimate of drug-likeness (QED) is 0.477. The second-order valence-corrected chi connectivity index (χ2v) is 7.06. The average Bonchev–Trinajstić information content (AvgIpc) is 3.03. The van der Waals surface area contributed by atoms with Crippen LogP contribution in [0.15, 0.2) is 59.4 Å². The number of aryl methyl sites for hydroxylation is 3. The Morgan fingerprint density at radius 3 is 2.07 bits per heavy atom. The van der Waals surface area contributed by atoms with Crippen molar-refractivity contribution in [2.45, 2.75) is 20.0 Å². The number of halogens is 3. The summed E-state index contributed by atoms with van der Waals surface area (Å²) in [4.78, 5) is 12.7. The summed E-state index contributed by atoms with van der Waals surface area (Å²) in [6.07, 6.45) is -4.41. The second-order valence-electron chi connectivity index (χ2n) is 7.06. The maximum atomic E-state index is 12.9. The third-order valence-corrected chi connectivity index (χ3v) is 5.03. The van der Waals surface area contributed by atoms with Crippen molar-refractivity contribution in [1.29, 1.82) is 0 Å². The van der Waals surface area contributed by atoms with E-state index in [1.807, 2.05) is 38.1 Å². The molecule has 0 bridgehead atoms. The highest BCUT2D eigenvalue weighted by atomic mass is 19.4. The van der Waals surface area contributed by atoms with Gasteiger partial charge in [0.2, 0.25) is 0 Å². The van der Waals surface area contributed by atoms with Gasteiger partial charge in [0, 0.05) is 18.7 Å². The zero-order chi connectivity index (χ0) is 20.9. The number of alkyl halides is 3. The van der Waals surface area contributed by atoms with E-state index in [2.05, 4.69) is 5.10 Å². The predicted molar refractivity (Wildman–Crippen MR) is 106 cm³/mol. The number of aromatic nitrogens is 3. The minimum Gasteiger partial charge on any atom is -0.328 e. The average molecular weight is 397 g/mol. The number of nitrogens with zero attached hydrogens (tertiary/aromatic N) is 3. The van der Waals surface area contributed by atoms with E-state index in [-0.39, 0.29) is 5.56 Å². The summed E-state index contributed by atoms with van der Waals surface area (Å²) in [6.45, 7) is 3.82. The molecule has 0 atom stereocenters. The van der Waals surface area contributed by atoms with Gasteiger partial charge in [0.05, 0.1) is 17.0 Å². The largest absolute Gasteiger partial charge is 0.416 e. The number of rotatable bonds is 2. The van der Waals surface area contributed by atoms with E-state index in [4.69, 9.17) is 0 Å². The molecule has 0 aliphatic rings. The third-order valence-electron chi connectivity index (χ3n) is 5.03. The van der Waals surface area contributed by atoms with Gasteiger partial charge < -0.3 is 4.57 Å². The van der Waals surface area contributed by atoms with Crippen LogP contribution < -0.4 is 5.56 Å². The highest BCUT2D eigenvalue weighted by Crippen LogP contribution is 2.32.